The van der Waals surface area contributed by atoms with Gasteiger partial charge in [0, 0.05) is 4.47 Å². The zero-order valence-corrected chi connectivity index (χ0v) is 16.0. The molecule has 4 aromatic rings. The van der Waals surface area contributed by atoms with Crippen LogP contribution in [-0.4, -0.2) is 9.55 Å². The first kappa shape index (κ1) is 16.5. The zero-order chi connectivity index (χ0) is 18.4. The highest BCUT2D eigenvalue weighted by molar-refractivity contribution is 9.10. The smallest absolute Gasteiger partial charge is 0.204 e. The van der Waals surface area contributed by atoms with Crippen molar-refractivity contribution in [3.05, 3.63) is 94.2 Å². The molecule has 2 atom stereocenters. The summed E-state index contributed by atoms with van der Waals surface area (Å²) in [7, 11) is 0. The minimum atomic E-state index is -0.215. The minimum absolute atomic E-state index is 0.0860. The Balaban J connectivity index is 1.65. The predicted molar refractivity (Wildman–Crippen MR) is 109 cm³/mol. The van der Waals surface area contributed by atoms with Gasteiger partial charge in [0.05, 0.1) is 23.1 Å². The molecule has 1 N–H and O–H groups in total. The molecule has 134 valence electrons. The highest BCUT2D eigenvalue weighted by atomic mass is 79.9. The van der Waals surface area contributed by atoms with E-state index in [1.54, 1.807) is 0 Å². The third kappa shape index (κ3) is 2.92. The van der Waals surface area contributed by atoms with Gasteiger partial charge >= 0.3 is 0 Å². The second kappa shape index (κ2) is 6.50. The molecule has 0 radical (unpaired) electrons. The van der Waals surface area contributed by atoms with Crippen LogP contribution in [0.5, 0.6) is 0 Å². The van der Waals surface area contributed by atoms with E-state index < -0.39 is 0 Å². The Morgan fingerprint density at radius 3 is 2.41 bits per heavy atom. The molecule has 1 aliphatic rings. The first-order valence-electron chi connectivity index (χ1n) is 8.93. The highest BCUT2D eigenvalue weighted by Crippen LogP contribution is 2.41. The van der Waals surface area contributed by atoms with Crippen LogP contribution in [0.2, 0.25) is 0 Å². The Morgan fingerprint density at radius 2 is 1.63 bits per heavy atom. The minimum Gasteiger partial charge on any atom is -0.349 e. The number of nitrogens with one attached hydrogen (secondary N) is 1. The lowest BCUT2D eigenvalue weighted by Gasteiger charge is -2.33. The maximum atomic E-state index is 13.5. The average molecular weight is 422 g/mol. The molecule has 27 heavy (non-hydrogen) atoms. The van der Waals surface area contributed by atoms with Crippen LogP contribution in [0.4, 0.5) is 10.3 Å². The van der Waals surface area contributed by atoms with Crippen molar-refractivity contribution in [1.82, 2.24) is 9.55 Å². The van der Waals surface area contributed by atoms with Crippen LogP contribution in [0.25, 0.3) is 11.0 Å². The fourth-order valence-corrected chi connectivity index (χ4v) is 4.15. The van der Waals surface area contributed by atoms with Gasteiger partial charge in [-0.05, 0) is 53.9 Å². The summed E-state index contributed by atoms with van der Waals surface area (Å²) in [6.45, 7) is 0. The van der Waals surface area contributed by atoms with E-state index in [9.17, 15) is 4.39 Å². The molecule has 1 aromatic heterocycles. The van der Waals surface area contributed by atoms with Gasteiger partial charge in [0.15, 0.2) is 0 Å². The second-order valence-corrected chi connectivity index (χ2v) is 7.76. The fourth-order valence-electron chi connectivity index (χ4n) is 3.89. The lowest BCUT2D eigenvalue weighted by molar-refractivity contribution is 0.476. The first-order valence-corrected chi connectivity index (χ1v) is 9.73. The van der Waals surface area contributed by atoms with Crippen molar-refractivity contribution < 1.29 is 4.39 Å². The van der Waals surface area contributed by atoms with Gasteiger partial charge < -0.3 is 9.88 Å². The molecule has 0 saturated carbocycles. The molecule has 0 unspecified atom stereocenters. The van der Waals surface area contributed by atoms with Crippen LogP contribution in [0.1, 0.15) is 29.6 Å². The molecule has 3 aromatic carbocycles. The number of benzene rings is 3. The van der Waals surface area contributed by atoms with Gasteiger partial charge in [-0.25, -0.2) is 9.37 Å². The van der Waals surface area contributed by atoms with E-state index in [2.05, 4.69) is 56.1 Å². The molecule has 5 heteroatoms. The van der Waals surface area contributed by atoms with Gasteiger partial charge in [-0.15, -0.1) is 0 Å². The summed E-state index contributed by atoms with van der Waals surface area (Å²) in [6.07, 6.45) is 0.862. The van der Waals surface area contributed by atoms with Crippen LogP contribution in [0.15, 0.2) is 77.3 Å². The van der Waals surface area contributed by atoms with E-state index in [4.69, 9.17) is 4.98 Å². The number of para-hydroxylation sites is 2. The van der Waals surface area contributed by atoms with Crippen LogP contribution < -0.4 is 5.32 Å². The molecule has 0 spiro atoms. The maximum Gasteiger partial charge on any atom is 0.204 e. The molecule has 0 saturated heterocycles. The highest BCUT2D eigenvalue weighted by Gasteiger charge is 2.30. The van der Waals surface area contributed by atoms with Crippen molar-refractivity contribution in [3.8, 4) is 0 Å². The lowest BCUT2D eigenvalue weighted by atomic mass is 9.93. The molecule has 5 rings (SSSR count). The van der Waals surface area contributed by atoms with Gasteiger partial charge in [-0.1, -0.05) is 52.3 Å². The average Bonchev–Trinajstić information content (AvgIpc) is 3.07. The quantitative estimate of drug-likeness (QED) is 0.424. The number of hydrogen-bond acceptors (Lipinski definition) is 2. The maximum absolute atomic E-state index is 13.5. The second-order valence-electron chi connectivity index (χ2n) is 6.85. The predicted octanol–water partition coefficient (Wildman–Crippen LogP) is 6.08. The number of hydrogen-bond donors (Lipinski definition) is 1. The third-order valence-corrected chi connectivity index (χ3v) is 5.73. The topological polar surface area (TPSA) is 29.9 Å². The number of nitrogens with zero attached hydrogens (tertiary/aromatic N) is 2. The number of aromatic nitrogens is 2. The van der Waals surface area contributed by atoms with E-state index in [1.165, 1.54) is 17.7 Å². The largest absolute Gasteiger partial charge is 0.349 e. The Morgan fingerprint density at radius 1 is 0.926 bits per heavy atom. The number of imidazole rings is 1. The van der Waals surface area contributed by atoms with Gasteiger partial charge in [0.2, 0.25) is 5.95 Å². The first-order chi connectivity index (χ1) is 13.2. The van der Waals surface area contributed by atoms with E-state index in [1.807, 2.05) is 30.3 Å². The van der Waals surface area contributed by atoms with Crippen molar-refractivity contribution in [2.75, 3.05) is 5.32 Å². The summed E-state index contributed by atoms with van der Waals surface area (Å²) in [5.74, 6) is 0.637. The molecule has 3 nitrogen and oxygen atoms in total. The van der Waals surface area contributed by atoms with E-state index >= 15 is 0 Å². The molecular formula is C22H17BrFN3. The Kier molecular flexibility index (Phi) is 3.97. The Bertz CT molecular complexity index is 1100. The Hall–Kier alpha value is -2.66. The summed E-state index contributed by atoms with van der Waals surface area (Å²) in [4.78, 5) is 4.81. The van der Waals surface area contributed by atoms with Crippen molar-refractivity contribution in [3.63, 3.8) is 0 Å². The van der Waals surface area contributed by atoms with Gasteiger partial charge in [0.25, 0.3) is 0 Å². The summed E-state index contributed by atoms with van der Waals surface area (Å²) in [5, 5.41) is 3.60. The summed E-state index contributed by atoms with van der Waals surface area (Å²) >= 11 is 3.50. The molecule has 0 fully saturated rings. The van der Waals surface area contributed by atoms with Crippen LogP contribution >= 0.6 is 15.9 Å². The van der Waals surface area contributed by atoms with E-state index in [-0.39, 0.29) is 17.9 Å². The zero-order valence-electron chi connectivity index (χ0n) is 14.4. The molecule has 2 heterocycles. The molecule has 0 aliphatic carbocycles. The lowest BCUT2D eigenvalue weighted by Crippen LogP contribution is -2.27. The van der Waals surface area contributed by atoms with Gasteiger partial charge in [-0.2, -0.15) is 0 Å². The molecular weight excluding hydrogens is 405 g/mol. The summed E-state index contributed by atoms with van der Waals surface area (Å²) in [5.41, 5.74) is 4.35. The molecule has 0 amide bonds. The standard InChI is InChI=1S/C22H17BrFN3/c23-16-9-5-14(6-10-16)19-13-21(15-7-11-17(24)12-8-15)27-20-4-2-1-3-18(20)25-22(27)26-19/h1-12,19,21H,13H2,(H,25,26)/t19-,21-/m0/s1. The van der Waals surface area contributed by atoms with Crippen LogP contribution in [0, 0.1) is 5.82 Å². The van der Waals surface area contributed by atoms with Crippen LogP contribution in [-0.2, 0) is 0 Å². The van der Waals surface area contributed by atoms with E-state index in [0.717, 1.165) is 33.4 Å². The van der Waals surface area contributed by atoms with Gasteiger partial charge in [-0.3, -0.25) is 0 Å². The number of fused-ring (bicyclic) bond motifs is 3. The number of halogens is 2. The van der Waals surface area contributed by atoms with E-state index in [0.29, 0.717) is 0 Å². The molecule has 0 bridgehead atoms. The van der Waals surface area contributed by atoms with Gasteiger partial charge in [0.1, 0.15) is 5.82 Å². The van der Waals surface area contributed by atoms with Crippen molar-refractivity contribution >= 4 is 32.9 Å². The normalized spacial score (nSPS) is 18.9. The third-order valence-electron chi connectivity index (χ3n) is 5.20. The summed E-state index contributed by atoms with van der Waals surface area (Å²) in [6, 6.07) is 23.6. The monoisotopic (exact) mass is 421 g/mol. The summed E-state index contributed by atoms with van der Waals surface area (Å²) < 4.78 is 16.8. The Labute approximate surface area is 165 Å². The fraction of sp³-hybridized carbons (Fsp3) is 0.136. The van der Waals surface area contributed by atoms with Crippen molar-refractivity contribution in [2.45, 2.75) is 18.5 Å². The SMILES string of the molecule is Fc1ccc([C@@H]2C[C@@H](c3ccc(Br)cc3)Nc3nc4ccccc4n32)cc1. The van der Waals surface area contributed by atoms with Crippen molar-refractivity contribution in [1.29, 1.82) is 0 Å². The molecule has 1 aliphatic heterocycles. The number of anilines is 1. The number of rotatable bonds is 2. The van der Waals surface area contributed by atoms with Crippen molar-refractivity contribution in [2.24, 2.45) is 0 Å². The van der Waals surface area contributed by atoms with Crippen LogP contribution in [0.3, 0.4) is 0 Å².